The summed E-state index contributed by atoms with van der Waals surface area (Å²) in [5, 5.41) is 16.2. The predicted molar refractivity (Wildman–Crippen MR) is 52.8 cm³/mol. The zero-order valence-electron chi connectivity index (χ0n) is 8.53. The minimum absolute atomic E-state index is 0.519. The van der Waals surface area contributed by atoms with Crippen LogP contribution >= 0.6 is 0 Å². The molecule has 0 radical (unpaired) electrons. The molecule has 0 saturated heterocycles. The second-order valence-electron chi connectivity index (χ2n) is 4.09. The van der Waals surface area contributed by atoms with Crippen LogP contribution in [0.3, 0.4) is 0 Å². The molecule has 14 heavy (non-hydrogen) atoms. The van der Waals surface area contributed by atoms with Crippen molar-refractivity contribution in [3.05, 3.63) is 11.6 Å². The first-order valence-electron chi connectivity index (χ1n) is 5.37. The molecule has 1 aliphatic carbocycles. The Morgan fingerprint density at radius 2 is 2.07 bits per heavy atom. The third-order valence-corrected chi connectivity index (χ3v) is 2.89. The van der Waals surface area contributed by atoms with E-state index in [0.29, 0.717) is 11.7 Å². The Hall–Kier alpha value is -0.900. The standard InChI is InChI=1S/C10H17N3O/c1-7(14)9-11-10(13-12-9)8-5-3-2-4-6-8/h7-8,14H,2-6H2,1H3,(H,11,12,13)/t7-/m0/s1. The first kappa shape index (κ1) is 9.65. The molecule has 2 rings (SSSR count). The highest BCUT2D eigenvalue weighted by Crippen LogP contribution is 2.30. The minimum Gasteiger partial charge on any atom is -0.385 e. The van der Waals surface area contributed by atoms with Gasteiger partial charge in [-0.3, -0.25) is 5.10 Å². The second-order valence-corrected chi connectivity index (χ2v) is 4.09. The number of rotatable bonds is 2. The van der Waals surface area contributed by atoms with Gasteiger partial charge in [0.25, 0.3) is 0 Å². The molecular formula is C10H17N3O. The van der Waals surface area contributed by atoms with Gasteiger partial charge in [-0.1, -0.05) is 19.3 Å². The molecule has 1 heterocycles. The molecule has 0 aromatic carbocycles. The number of nitrogens with zero attached hydrogens (tertiary/aromatic N) is 2. The van der Waals surface area contributed by atoms with Gasteiger partial charge >= 0.3 is 0 Å². The molecule has 1 aromatic heterocycles. The quantitative estimate of drug-likeness (QED) is 0.757. The van der Waals surface area contributed by atoms with Crippen molar-refractivity contribution in [2.24, 2.45) is 0 Å². The van der Waals surface area contributed by atoms with Gasteiger partial charge in [-0.25, -0.2) is 4.98 Å². The third-order valence-electron chi connectivity index (χ3n) is 2.89. The molecule has 1 aliphatic rings. The Morgan fingerprint density at radius 3 is 2.64 bits per heavy atom. The maximum Gasteiger partial charge on any atom is 0.178 e. The molecule has 1 atom stereocenters. The van der Waals surface area contributed by atoms with Crippen LogP contribution < -0.4 is 0 Å². The van der Waals surface area contributed by atoms with Crippen molar-refractivity contribution in [1.29, 1.82) is 0 Å². The number of aromatic nitrogens is 3. The Kier molecular flexibility index (Phi) is 2.82. The SMILES string of the molecule is C[C@H](O)c1n[nH]c(C2CCCCC2)n1. The summed E-state index contributed by atoms with van der Waals surface area (Å²) in [6, 6.07) is 0. The highest BCUT2D eigenvalue weighted by Gasteiger charge is 2.19. The fraction of sp³-hybridized carbons (Fsp3) is 0.800. The lowest BCUT2D eigenvalue weighted by Crippen LogP contribution is -2.06. The lowest BCUT2D eigenvalue weighted by Gasteiger charge is -2.18. The molecule has 0 unspecified atom stereocenters. The van der Waals surface area contributed by atoms with Crippen molar-refractivity contribution >= 4 is 0 Å². The highest BCUT2D eigenvalue weighted by atomic mass is 16.3. The van der Waals surface area contributed by atoms with E-state index in [-0.39, 0.29) is 0 Å². The van der Waals surface area contributed by atoms with Crippen LogP contribution in [0.1, 0.15) is 62.7 Å². The fourth-order valence-electron chi connectivity index (χ4n) is 2.03. The van der Waals surface area contributed by atoms with Crippen LogP contribution in [0.2, 0.25) is 0 Å². The van der Waals surface area contributed by atoms with Crippen molar-refractivity contribution in [2.75, 3.05) is 0 Å². The van der Waals surface area contributed by atoms with Crippen LogP contribution in [0, 0.1) is 0 Å². The number of hydrogen-bond acceptors (Lipinski definition) is 3. The zero-order valence-corrected chi connectivity index (χ0v) is 8.53. The van der Waals surface area contributed by atoms with Crippen molar-refractivity contribution in [1.82, 2.24) is 15.2 Å². The summed E-state index contributed by atoms with van der Waals surface area (Å²) in [5.41, 5.74) is 0. The molecule has 1 aromatic rings. The summed E-state index contributed by atoms with van der Waals surface area (Å²) >= 11 is 0. The van der Waals surface area contributed by atoms with Gasteiger partial charge in [-0.15, -0.1) is 0 Å². The molecule has 0 bridgehead atoms. The van der Waals surface area contributed by atoms with Crippen LogP contribution in [-0.4, -0.2) is 20.3 Å². The Morgan fingerprint density at radius 1 is 1.36 bits per heavy atom. The molecule has 2 N–H and O–H groups in total. The van der Waals surface area contributed by atoms with E-state index in [1.54, 1.807) is 6.92 Å². The van der Waals surface area contributed by atoms with Gasteiger partial charge in [0.05, 0.1) is 0 Å². The van der Waals surface area contributed by atoms with Crippen LogP contribution in [0.5, 0.6) is 0 Å². The van der Waals surface area contributed by atoms with E-state index in [2.05, 4.69) is 15.2 Å². The van der Waals surface area contributed by atoms with Crippen molar-refractivity contribution in [3.8, 4) is 0 Å². The van der Waals surface area contributed by atoms with Crippen molar-refractivity contribution in [2.45, 2.75) is 51.0 Å². The van der Waals surface area contributed by atoms with E-state index in [9.17, 15) is 5.11 Å². The summed E-state index contributed by atoms with van der Waals surface area (Å²) in [7, 11) is 0. The fourth-order valence-corrected chi connectivity index (χ4v) is 2.03. The predicted octanol–water partition coefficient (Wildman–Crippen LogP) is 1.91. The number of aliphatic hydroxyl groups is 1. The number of aromatic amines is 1. The molecule has 1 fully saturated rings. The van der Waals surface area contributed by atoms with Gasteiger partial charge < -0.3 is 5.11 Å². The maximum atomic E-state index is 9.29. The topological polar surface area (TPSA) is 61.8 Å². The summed E-state index contributed by atoms with van der Waals surface area (Å²) in [6.45, 7) is 1.69. The van der Waals surface area contributed by atoms with Gasteiger partial charge in [0, 0.05) is 5.92 Å². The van der Waals surface area contributed by atoms with Crippen molar-refractivity contribution < 1.29 is 5.11 Å². The lowest BCUT2D eigenvalue weighted by atomic mass is 9.89. The minimum atomic E-state index is -0.566. The molecule has 0 spiro atoms. The number of hydrogen-bond donors (Lipinski definition) is 2. The molecule has 78 valence electrons. The summed E-state index contributed by atoms with van der Waals surface area (Å²) in [4.78, 5) is 4.32. The van der Waals surface area contributed by atoms with E-state index in [0.717, 1.165) is 5.82 Å². The van der Waals surface area contributed by atoms with Crippen LogP contribution in [0.4, 0.5) is 0 Å². The van der Waals surface area contributed by atoms with E-state index in [1.165, 1.54) is 32.1 Å². The molecular weight excluding hydrogens is 178 g/mol. The number of H-pyrrole nitrogens is 1. The normalized spacial score (nSPS) is 21.0. The molecule has 0 amide bonds. The van der Waals surface area contributed by atoms with Crippen LogP contribution in [0.25, 0.3) is 0 Å². The Labute approximate surface area is 83.8 Å². The monoisotopic (exact) mass is 195 g/mol. The van der Waals surface area contributed by atoms with Gasteiger partial charge in [-0.05, 0) is 19.8 Å². The zero-order chi connectivity index (χ0) is 9.97. The molecule has 4 heteroatoms. The molecule has 0 aliphatic heterocycles. The average Bonchev–Trinajstić information content (AvgIpc) is 2.68. The Balaban J connectivity index is 2.07. The first-order chi connectivity index (χ1) is 6.77. The van der Waals surface area contributed by atoms with Gasteiger partial charge in [0.2, 0.25) is 0 Å². The van der Waals surface area contributed by atoms with E-state index in [1.807, 2.05) is 0 Å². The average molecular weight is 195 g/mol. The van der Waals surface area contributed by atoms with E-state index in [4.69, 9.17) is 0 Å². The van der Waals surface area contributed by atoms with Gasteiger partial charge in [0.15, 0.2) is 5.82 Å². The Bertz CT molecular complexity index is 289. The van der Waals surface area contributed by atoms with Crippen LogP contribution in [0.15, 0.2) is 0 Å². The smallest absolute Gasteiger partial charge is 0.178 e. The van der Waals surface area contributed by atoms with Crippen LogP contribution in [-0.2, 0) is 0 Å². The highest BCUT2D eigenvalue weighted by molar-refractivity contribution is 5.00. The van der Waals surface area contributed by atoms with Crippen molar-refractivity contribution in [3.63, 3.8) is 0 Å². The lowest BCUT2D eigenvalue weighted by molar-refractivity contribution is 0.189. The van der Waals surface area contributed by atoms with Gasteiger partial charge in [0.1, 0.15) is 11.9 Å². The second kappa shape index (κ2) is 4.09. The largest absolute Gasteiger partial charge is 0.385 e. The van der Waals surface area contributed by atoms with E-state index < -0.39 is 6.10 Å². The first-order valence-corrected chi connectivity index (χ1v) is 5.37. The maximum absolute atomic E-state index is 9.29. The number of nitrogens with one attached hydrogen (secondary N) is 1. The summed E-state index contributed by atoms with van der Waals surface area (Å²) in [5.74, 6) is 2.01. The molecule has 1 saturated carbocycles. The van der Waals surface area contributed by atoms with Gasteiger partial charge in [-0.2, -0.15) is 5.10 Å². The molecule has 4 nitrogen and oxygen atoms in total. The number of aliphatic hydroxyl groups excluding tert-OH is 1. The summed E-state index contributed by atoms with van der Waals surface area (Å²) in [6.07, 6.45) is 5.75. The van der Waals surface area contributed by atoms with E-state index >= 15 is 0 Å². The summed E-state index contributed by atoms with van der Waals surface area (Å²) < 4.78 is 0. The third kappa shape index (κ3) is 1.95.